The Kier molecular flexibility index (Phi) is 4.11. The second kappa shape index (κ2) is 5.14. The molecule has 80 valence electrons. The monoisotopic (exact) mass is 291 g/mol. The third-order valence-corrected chi connectivity index (χ3v) is 2.73. The van der Waals surface area contributed by atoms with Crippen molar-refractivity contribution in [3.8, 4) is 0 Å². The molecule has 0 heterocycles. The van der Waals surface area contributed by atoms with Gasteiger partial charge < -0.3 is 10.4 Å². The largest absolute Gasteiger partial charge is 0.481 e. The summed E-state index contributed by atoms with van der Waals surface area (Å²) < 4.78 is 0.636. The van der Waals surface area contributed by atoms with Gasteiger partial charge in [0.05, 0.1) is 5.02 Å². The Morgan fingerprint density at radius 1 is 1.47 bits per heavy atom. The minimum Gasteiger partial charge on any atom is -0.481 e. The zero-order valence-electron chi connectivity index (χ0n) is 7.46. The minimum absolute atomic E-state index is 0.498. The van der Waals surface area contributed by atoms with E-state index in [-0.39, 0.29) is 0 Å². The Balaban J connectivity index is 2.69. The van der Waals surface area contributed by atoms with Crippen LogP contribution in [0, 0.1) is 0 Å². The quantitative estimate of drug-likeness (QED) is 0.841. The van der Waals surface area contributed by atoms with Crippen LogP contribution in [-0.2, 0) is 9.59 Å². The molecule has 0 bridgehead atoms. The summed E-state index contributed by atoms with van der Waals surface area (Å²) in [7, 11) is 0. The summed E-state index contributed by atoms with van der Waals surface area (Å²) in [5, 5.41) is 11.3. The zero-order chi connectivity index (χ0) is 11.4. The standard InChI is InChI=1S/C9H7BrClNO3/c10-6-3-5(1-2-7(6)11)12-8(13)4-9(14)15/h1-3H,4H2,(H,12,13)(H,14,15). The van der Waals surface area contributed by atoms with Crippen LogP contribution in [0.1, 0.15) is 6.42 Å². The molecule has 0 aromatic heterocycles. The molecule has 1 aromatic rings. The van der Waals surface area contributed by atoms with E-state index >= 15 is 0 Å². The van der Waals surface area contributed by atoms with Gasteiger partial charge in [0, 0.05) is 10.2 Å². The lowest BCUT2D eigenvalue weighted by atomic mass is 10.3. The number of nitrogens with one attached hydrogen (secondary N) is 1. The van der Waals surface area contributed by atoms with Crippen molar-refractivity contribution in [2.45, 2.75) is 6.42 Å². The number of carbonyl (C=O) groups is 2. The maximum absolute atomic E-state index is 11.1. The van der Waals surface area contributed by atoms with E-state index in [1.165, 1.54) is 0 Å². The summed E-state index contributed by atoms with van der Waals surface area (Å²) >= 11 is 8.94. The van der Waals surface area contributed by atoms with Crippen molar-refractivity contribution in [2.24, 2.45) is 0 Å². The Morgan fingerprint density at radius 2 is 2.13 bits per heavy atom. The molecule has 0 radical (unpaired) electrons. The number of hydrogen-bond donors (Lipinski definition) is 2. The van der Waals surface area contributed by atoms with Crippen LogP contribution in [-0.4, -0.2) is 17.0 Å². The first kappa shape index (κ1) is 12.0. The first-order chi connectivity index (χ1) is 6.99. The number of carboxylic acid groups (broad SMARTS) is 1. The number of halogens is 2. The van der Waals surface area contributed by atoms with Crippen molar-refractivity contribution in [3.05, 3.63) is 27.7 Å². The maximum atomic E-state index is 11.1. The van der Waals surface area contributed by atoms with E-state index in [2.05, 4.69) is 21.2 Å². The average Bonchev–Trinajstić information content (AvgIpc) is 2.10. The Morgan fingerprint density at radius 3 is 2.67 bits per heavy atom. The van der Waals surface area contributed by atoms with Gasteiger partial charge in [0.25, 0.3) is 0 Å². The normalized spacial score (nSPS) is 9.73. The first-order valence-corrected chi connectivity index (χ1v) is 5.13. The van der Waals surface area contributed by atoms with Gasteiger partial charge in [0.1, 0.15) is 6.42 Å². The Labute approximate surface area is 99.4 Å². The predicted molar refractivity (Wildman–Crippen MR) is 60.0 cm³/mol. The highest BCUT2D eigenvalue weighted by Crippen LogP contribution is 2.25. The zero-order valence-corrected chi connectivity index (χ0v) is 9.80. The number of carbonyl (C=O) groups excluding carboxylic acids is 1. The number of hydrogen-bond acceptors (Lipinski definition) is 2. The van der Waals surface area contributed by atoms with Gasteiger partial charge in [-0.2, -0.15) is 0 Å². The van der Waals surface area contributed by atoms with Crippen molar-refractivity contribution >= 4 is 45.1 Å². The smallest absolute Gasteiger partial charge is 0.312 e. The average molecular weight is 293 g/mol. The van der Waals surface area contributed by atoms with Gasteiger partial charge in [-0.3, -0.25) is 9.59 Å². The number of carboxylic acids is 1. The van der Waals surface area contributed by atoms with Crippen molar-refractivity contribution in [3.63, 3.8) is 0 Å². The third-order valence-electron chi connectivity index (χ3n) is 1.52. The maximum Gasteiger partial charge on any atom is 0.312 e. The Hall–Kier alpha value is -1.07. The van der Waals surface area contributed by atoms with Crippen LogP contribution in [0.3, 0.4) is 0 Å². The predicted octanol–water partition coefficient (Wildman–Crippen LogP) is 2.52. The van der Waals surface area contributed by atoms with Crippen LogP contribution in [0.4, 0.5) is 5.69 Å². The summed E-state index contributed by atoms with van der Waals surface area (Å²) in [4.78, 5) is 21.3. The molecule has 1 rings (SSSR count). The van der Waals surface area contributed by atoms with Crippen molar-refractivity contribution < 1.29 is 14.7 Å². The highest BCUT2D eigenvalue weighted by molar-refractivity contribution is 9.10. The number of benzene rings is 1. The summed E-state index contributed by atoms with van der Waals surface area (Å²) in [6.07, 6.45) is -0.555. The molecule has 0 aliphatic carbocycles. The lowest BCUT2D eigenvalue weighted by Crippen LogP contribution is -2.15. The fraction of sp³-hybridized carbons (Fsp3) is 0.111. The van der Waals surface area contributed by atoms with Gasteiger partial charge >= 0.3 is 5.97 Å². The second-order valence-corrected chi connectivity index (χ2v) is 4.01. The fourth-order valence-electron chi connectivity index (χ4n) is 0.916. The third kappa shape index (κ3) is 3.89. The minimum atomic E-state index is -1.17. The molecule has 0 aliphatic heterocycles. The van der Waals surface area contributed by atoms with E-state index < -0.39 is 18.3 Å². The summed E-state index contributed by atoms with van der Waals surface area (Å²) in [6.45, 7) is 0. The van der Waals surface area contributed by atoms with Crippen LogP contribution in [0.15, 0.2) is 22.7 Å². The molecule has 2 N–H and O–H groups in total. The molecule has 4 nitrogen and oxygen atoms in total. The number of anilines is 1. The molecule has 0 spiro atoms. The molecule has 0 saturated heterocycles. The van der Waals surface area contributed by atoms with Crippen LogP contribution in [0.5, 0.6) is 0 Å². The molecule has 0 fully saturated rings. The van der Waals surface area contributed by atoms with Crippen molar-refractivity contribution in [1.29, 1.82) is 0 Å². The molecular weight excluding hydrogens is 285 g/mol. The SMILES string of the molecule is O=C(O)CC(=O)Nc1ccc(Cl)c(Br)c1. The van der Waals surface area contributed by atoms with Crippen LogP contribution >= 0.6 is 27.5 Å². The molecule has 1 amide bonds. The number of rotatable bonds is 3. The van der Waals surface area contributed by atoms with Crippen molar-refractivity contribution in [1.82, 2.24) is 0 Å². The second-order valence-electron chi connectivity index (χ2n) is 2.75. The lowest BCUT2D eigenvalue weighted by Gasteiger charge is -2.04. The summed E-state index contributed by atoms with van der Waals surface area (Å²) in [6, 6.07) is 4.79. The fourth-order valence-corrected chi connectivity index (χ4v) is 1.41. The molecule has 0 aliphatic rings. The van der Waals surface area contributed by atoms with E-state index in [9.17, 15) is 9.59 Å². The lowest BCUT2D eigenvalue weighted by molar-refractivity contribution is -0.139. The Bertz CT molecular complexity index is 408. The first-order valence-electron chi connectivity index (χ1n) is 3.95. The molecule has 0 atom stereocenters. The number of aliphatic carboxylic acids is 1. The van der Waals surface area contributed by atoms with Crippen LogP contribution in [0.2, 0.25) is 5.02 Å². The van der Waals surface area contributed by atoms with Gasteiger partial charge in [-0.1, -0.05) is 11.6 Å². The number of amides is 1. The topological polar surface area (TPSA) is 66.4 Å². The molecule has 15 heavy (non-hydrogen) atoms. The van der Waals surface area contributed by atoms with E-state index in [0.717, 1.165) is 0 Å². The van der Waals surface area contributed by atoms with Crippen LogP contribution in [0.25, 0.3) is 0 Å². The molecular formula is C9H7BrClNO3. The highest BCUT2D eigenvalue weighted by atomic mass is 79.9. The van der Waals surface area contributed by atoms with E-state index in [0.29, 0.717) is 15.2 Å². The highest BCUT2D eigenvalue weighted by Gasteiger charge is 2.08. The summed E-state index contributed by atoms with van der Waals surface area (Å²) in [5.41, 5.74) is 0.498. The van der Waals surface area contributed by atoms with Gasteiger partial charge in [-0.25, -0.2) is 0 Å². The van der Waals surface area contributed by atoms with Crippen LogP contribution < -0.4 is 5.32 Å². The van der Waals surface area contributed by atoms with Gasteiger partial charge in [-0.15, -0.1) is 0 Å². The van der Waals surface area contributed by atoms with E-state index in [4.69, 9.17) is 16.7 Å². The molecule has 6 heteroatoms. The van der Waals surface area contributed by atoms with Crippen molar-refractivity contribution in [2.75, 3.05) is 5.32 Å². The summed E-state index contributed by atoms with van der Waals surface area (Å²) in [5.74, 6) is -1.74. The molecule has 0 unspecified atom stereocenters. The molecule has 0 saturated carbocycles. The van der Waals surface area contributed by atoms with Gasteiger partial charge in [0.15, 0.2) is 0 Å². The van der Waals surface area contributed by atoms with Gasteiger partial charge in [0.2, 0.25) is 5.91 Å². The van der Waals surface area contributed by atoms with E-state index in [1.54, 1.807) is 18.2 Å². The van der Waals surface area contributed by atoms with Gasteiger partial charge in [-0.05, 0) is 34.1 Å². The molecule has 1 aromatic carbocycles. The van der Waals surface area contributed by atoms with E-state index in [1.807, 2.05) is 0 Å².